The van der Waals surface area contributed by atoms with Crippen molar-refractivity contribution >= 4 is 13.7 Å². The highest BCUT2D eigenvalue weighted by Gasteiger charge is 2.48. The van der Waals surface area contributed by atoms with Crippen LogP contribution in [0.2, 0.25) is 19.4 Å². The van der Waals surface area contributed by atoms with Crippen molar-refractivity contribution in [2.24, 2.45) is 5.92 Å². The van der Waals surface area contributed by atoms with E-state index in [4.69, 9.17) is 0 Å². The molecule has 2 heterocycles. The molecule has 2 aliphatic heterocycles. The van der Waals surface area contributed by atoms with Crippen molar-refractivity contribution in [3.8, 4) is 0 Å². The van der Waals surface area contributed by atoms with Crippen molar-refractivity contribution in [1.82, 2.24) is 9.62 Å². The van der Waals surface area contributed by atoms with Gasteiger partial charge in [0, 0.05) is 12.7 Å². The summed E-state index contributed by atoms with van der Waals surface area (Å²) in [5.41, 5.74) is 6.75. The normalized spacial score (nSPS) is 29.5. The van der Waals surface area contributed by atoms with Gasteiger partial charge in [0.2, 0.25) is 13.7 Å². The molecule has 0 saturated carbocycles. The molecule has 0 radical (unpaired) electrons. The number of rotatable bonds is 0. The summed E-state index contributed by atoms with van der Waals surface area (Å²) >= 11 is 0. The number of hydrogen-bond donors (Lipinski definition) is 0. The summed E-state index contributed by atoms with van der Waals surface area (Å²) < 4.78 is 0. The summed E-state index contributed by atoms with van der Waals surface area (Å²) in [6.07, 6.45) is 1.79. The van der Waals surface area contributed by atoms with Gasteiger partial charge in [-0.25, -0.2) is 0 Å². The first-order valence-corrected chi connectivity index (χ1v) is 10.7. The van der Waals surface area contributed by atoms with E-state index in [1.54, 1.807) is 11.1 Å². The van der Waals surface area contributed by atoms with Gasteiger partial charge in [-0.1, -0.05) is 78.1 Å². The fraction of sp³-hybridized carbons (Fsp3) is 0.727. The lowest BCUT2D eigenvalue weighted by atomic mass is 9.30. The summed E-state index contributed by atoms with van der Waals surface area (Å²) in [5, 5.41) is 0. The third-order valence-corrected chi connectivity index (χ3v) is 7.19. The zero-order chi connectivity index (χ0) is 19.8. The first kappa shape index (κ1) is 21.6. The maximum atomic E-state index is 2.78. The molecule has 26 heavy (non-hydrogen) atoms. The van der Waals surface area contributed by atoms with E-state index in [0.29, 0.717) is 37.4 Å². The van der Waals surface area contributed by atoms with E-state index in [2.05, 4.69) is 90.9 Å². The van der Waals surface area contributed by atoms with Crippen LogP contribution in [0, 0.1) is 19.8 Å². The monoisotopic (exact) mass is 354 g/mol. The van der Waals surface area contributed by atoms with Gasteiger partial charge in [-0.3, -0.25) is 0 Å². The lowest BCUT2D eigenvalue weighted by molar-refractivity contribution is 0.115. The minimum atomic E-state index is 0.540. The van der Waals surface area contributed by atoms with E-state index in [9.17, 15) is 0 Å². The van der Waals surface area contributed by atoms with Crippen molar-refractivity contribution in [1.29, 1.82) is 0 Å². The molecule has 2 nitrogen and oxygen atoms in total. The number of fused-ring (bicyclic) bond motifs is 2. The van der Waals surface area contributed by atoms with Gasteiger partial charge in [-0.2, -0.15) is 0 Å². The summed E-state index contributed by atoms with van der Waals surface area (Å²) in [6.45, 7) is 23.3. The van der Waals surface area contributed by atoms with Crippen molar-refractivity contribution in [2.45, 2.75) is 92.9 Å². The second-order valence-corrected chi connectivity index (χ2v) is 9.10. The van der Waals surface area contributed by atoms with E-state index in [1.165, 1.54) is 17.5 Å². The quantitative estimate of drug-likeness (QED) is 0.550. The highest BCUT2D eigenvalue weighted by Crippen LogP contribution is 2.42. The molecule has 0 N–H and O–H groups in total. The number of benzene rings is 1. The lowest BCUT2D eigenvalue weighted by Crippen LogP contribution is -2.66. The van der Waals surface area contributed by atoms with Crippen LogP contribution in [0.5, 0.6) is 0 Å². The van der Waals surface area contributed by atoms with Crippen molar-refractivity contribution in [2.75, 3.05) is 7.05 Å². The Balaban J connectivity index is 0.000000758. The maximum Gasteiger partial charge on any atom is 0.218 e. The van der Waals surface area contributed by atoms with E-state index in [0.717, 1.165) is 6.54 Å². The van der Waals surface area contributed by atoms with Crippen LogP contribution in [-0.4, -0.2) is 36.5 Å². The largest absolute Gasteiger partial charge is 0.331 e. The van der Waals surface area contributed by atoms with Crippen LogP contribution in [0.1, 0.15) is 69.2 Å². The Labute approximate surface area is 163 Å². The first-order valence-electron chi connectivity index (χ1n) is 10.7. The molecule has 3 rings (SSSR count). The lowest BCUT2D eigenvalue weighted by Gasteiger charge is -2.52. The molecule has 0 bridgehead atoms. The molecule has 2 aliphatic rings. The second-order valence-electron chi connectivity index (χ2n) is 9.10. The topological polar surface area (TPSA) is 6.48 Å². The van der Waals surface area contributed by atoms with Gasteiger partial charge in [0.1, 0.15) is 0 Å². The molecule has 1 saturated heterocycles. The summed E-state index contributed by atoms with van der Waals surface area (Å²) in [6, 6.07) is 4.81. The van der Waals surface area contributed by atoms with Crippen LogP contribution in [0.4, 0.5) is 0 Å². The Kier molecular flexibility index (Phi) is 7.07. The molecular weight excluding hydrogens is 314 g/mol. The molecule has 0 aliphatic carbocycles. The van der Waals surface area contributed by atoms with Crippen LogP contribution in [0.25, 0.3) is 0 Å². The van der Waals surface area contributed by atoms with Crippen LogP contribution < -0.4 is 0 Å². The molecule has 144 valence electrons. The van der Waals surface area contributed by atoms with Gasteiger partial charge in [0.15, 0.2) is 0 Å². The van der Waals surface area contributed by atoms with Crippen LogP contribution in [0.15, 0.2) is 12.1 Å². The summed E-state index contributed by atoms with van der Waals surface area (Å²) in [5.74, 6) is 1.24. The predicted octanol–water partition coefficient (Wildman–Crippen LogP) is 5.72. The standard InChI is InChI=1S/C19H32B2N2.C3H8/c1-12-9-13(2)18-11-23-19(15(4)14(3)17(18)10-12)22(8)20(6)16(5)21(23)7;1-3-2/h9-10,14-16,19H,11H2,1-8H3;3H2,1-2H3. The van der Waals surface area contributed by atoms with Crippen LogP contribution in [-0.2, 0) is 6.54 Å². The Morgan fingerprint density at radius 3 is 2.19 bits per heavy atom. The van der Waals surface area contributed by atoms with Gasteiger partial charge in [-0.15, -0.1) is 0 Å². The molecule has 0 aromatic heterocycles. The zero-order valence-corrected chi connectivity index (χ0v) is 18.9. The van der Waals surface area contributed by atoms with Gasteiger partial charge in [-0.05, 0) is 49.4 Å². The molecule has 0 amide bonds. The number of aryl methyl sites for hydroxylation is 2. The fourth-order valence-corrected chi connectivity index (χ4v) is 5.08. The highest BCUT2D eigenvalue weighted by atomic mass is 15.3. The van der Waals surface area contributed by atoms with E-state index in [1.807, 2.05) is 0 Å². The Morgan fingerprint density at radius 1 is 1.04 bits per heavy atom. The third kappa shape index (κ3) is 3.78. The number of nitrogens with zero attached hydrogens (tertiary/aromatic N) is 2. The SMILES string of the molecule is CB1C(C)B(C)N2Cc3c(C)cc(C)cc3C(C)C(C)C2N1C.CCC. The van der Waals surface area contributed by atoms with Crippen molar-refractivity contribution in [3.05, 3.63) is 34.4 Å². The van der Waals surface area contributed by atoms with Gasteiger partial charge in [0.05, 0.1) is 0 Å². The predicted molar refractivity (Wildman–Crippen MR) is 119 cm³/mol. The Hall–Kier alpha value is -0.730. The second kappa shape index (κ2) is 8.52. The average Bonchev–Trinajstić information content (AvgIpc) is 2.69. The Bertz CT molecular complexity index is 618. The third-order valence-electron chi connectivity index (χ3n) is 7.19. The van der Waals surface area contributed by atoms with Crippen LogP contribution in [0.3, 0.4) is 0 Å². The van der Waals surface area contributed by atoms with Gasteiger partial charge in [0.25, 0.3) is 0 Å². The maximum absolute atomic E-state index is 2.78. The molecule has 1 fully saturated rings. The Morgan fingerprint density at radius 2 is 1.62 bits per heavy atom. The van der Waals surface area contributed by atoms with Crippen molar-refractivity contribution in [3.63, 3.8) is 0 Å². The molecule has 1 aromatic rings. The molecule has 1 aromatic carbocycles. The van der Waals surface area contributed by atoms with E-state index >= 15 is 0 Å². The van der Waals surface area contributed by atoms with E-state index in [-0.39, 0.29) is 0 Å². The van der Waals surface area contributed by atoms with Gasteiger partial charge >= 0.3 is 0 Å². The summed E-state index contributed by atoms with van der Waals surface area (Å²) in [4.78, 5) is 5.42. The summed E-state index contributed by atoms with van der Waals surface area (Å²) in [7, 11) is 2.34. The van der Waals surface area contributed by atoms with Crippen LogP contribution >= 0.6 is 0 Å². The fourth-order valence-electron chi connectivity index (χ4n) is 5.08. The molecule has 4 heteroatoms. The minimum Gasteiger partial charge on any atom is -0.331 e. The molecule has 4 atom stereocenters. The molecular formula is C22H40B2N2. The average molecular weight is 354 g/mol. The first-order chi connectivity index (χ1) is 12.1. The van der Waals surface area contributed by atoms with E-state index < -0.39 is 0 Å². The molecule has 4 unspecified atom stereocenters. The number of hydrogen-bond acceptors (Lipinski definition) is 2. The smallest absolute Gasteiger partial charge is 0.218 e. The molecule has 0 spiro atoms. The zero-order valence-electron chi connectivity index (χ0n) is 18.9. The minimum absolute atomic E-state index is 0.540. The van der Waals surface area contributed by atoms with Crippen molar-refractivity contribution < 1.29 is 0 Å². The van der Waals surface area contributed by atoms with Gasteiger partial charge < -0.3 is 9.62 Å². The highest BCUT2D eigenvalue weighted by molar-refractivity contribution is 6.77.